The smallest absolute Gasteiger partial charge is 0.119 e. The van der Waals surface area contributed by atoms with Gasteiger partial charge in [-0.3, -0.25) is 0 Å². The number of hydrogen-bond acceptors (Lipinski definition) is 2. The molecular weight excluding hydrogens is 332 g/mol. The summed E-state index contributed by atoms with van der Waals surface area (Å²) in [6.07, 6.45) is 8.73. The van der Waals surface area contributed by atoms with E-state index < -0.39 is 0 Å². The van der Waals surface area contributed by atoms with Crippen molar-refractivity contribution in [3.05, 3.63) is 64.7 Å². The van der Waals surface area contributed by atoms with Crippen LogP contribution in [0.15, 0.2) is 42.5 Å². The van der Waals surface area contributed by atoms with Crippen molar-refractivity contribution >= 4 is 0 Å². The third-order valence-corrected chi connectivity index (χ3v) is 5.44. The molecule has 2 nitrogen and oxygen atoms in total. The van der Waals surface area contributed by atoms with E-state index in [2.05, 4.69) is 39.0 Å². The van der Waals surface area contributed by atoms with Crippen LogP contribution in [-0.4, -0.2) is 11.7 Å². The first-order chi connectivity index (χ1) is 13.1. The lowest BCUT2D eigenvalue weighted by atomic mass is 9.89. The predicted octanol–water partition coefficient (Wildman–Crippen LogP) is 6.39. The number of ether oxygens (including phenoxy) is 1. The second kappa shape index (κ2) is 11.8. The Morgan fingerprint density at radius 1 is 0.852 bits per heavy atom. The van der Waals surface area contributed by atoms with Gasteiger partial charge in [-0.2, -0.15) is 0 Å². The Kier molecular flexibility index (Phi) is 9.41. The number of benzene rings is 2. The van der Waals surface area contributed by atoms with Gasteiger partial charge >= 0.3 is 0 Å². The summed E-state index contributed by atoms with van der Waals surface area (Å²) in [4.78, 5) is 0. The largest absolute Gasteiger partial charge is 0.494 e. The van der Waals surface area contributed by atoms with E-state index in [0.717, 1.165) is 30.3 Å². The Morgan fingerprint density at radius 3 is 2.22 bits per heavy atom. The van der Waals surface area contributed by atoms with Crippen LogP contribution < -0.4 is 4.74 Å². The molecule has 0 aromatic heterocycles. The maximum atomic E-state index is 9.10. The summed E-state index contributed by atoms with van der Waals surface area (Å²) in [5.74, 6) is 1.63. The highest BCUT2D eigenvalue weighted by molar-refractivity contribution is 5.30. The first-order valence-corrected chi connectivity index (χ1v) is 10.5. The average Bonchev–Trinajstić information content (AvgIpc) is 2.68. The molecule has 0 spiro atoms. The van der Waals surface area contributed by atoms with Gasteiger partial charge < -0.3 is 9.84 Å². The first kappa shape index (κ1) is 21.5. The number of aliphatic hydroxyl groups excluding tert-OH is 1. The zero-order chi connectivity index (χ0) is 19.5. The Bertz CT molecular complexity index is 661. The maximum absolute atomic E-state index is 9.10. The molecule has 2 aromatic carbocycles. The summed E-state index contributed by atoms with van der Waals surface area (Å²) < 4.78 is 5.88. The molecular formula is C25H36O2. The van der Waals surface area contributed by atoms with Crippen LogP contribution >= 0.6 is 0 Å². The van der Waals surface area contributed by atoms with Gasteiger partial charge in [0.1, 0.15) is 5.75 Å². The van der Waals surface area contributed by atoms with Crippen LogP contribution in [0.5, 0.6) is 5.75 Å². The Balaban J connectivity index is 1.82. The molecule has 2 rings (SSSR count). The lowest BCUT2D eigenvalue weighted by Gasteiger charge is -2.18. The van der Waals surface area contributed by atoms with E-state index >= 15 is 0 Å². The van der Waals surface area contributed by atoms with Gasteiger partial charge in [-0.15, -0.1) is 0 Å². The molecule has 148 valence electrons. The van der Waals surface area contributed by atoms with Gasteiger partial charge in [0, 0.05) is 0 Å². The van der Waals surface area contributed by atoms with Gasteiger partial charge in [0.2, 0.25) is 0 Å². The molecule has 0 bridgehead atoms. The number of hydrogen-bond donors (Lipinski definition) is 1. The van der Waals surface area contributed by atoms with Crippen molar-refractivity contribution in [1.82, 2.24) is 0 Å². The summed E-state index contributed by atoms with van der Waals surface area (Å²) in [5, 5.41) is 9.10. The minimum absolute atomic E-state index is 0.0816. The van der Waals surface area contributed by atoms with Gasteiger partial charge in [0.25, 0.3) is 0 Å². The molecule has 0 amide bonds. The SMILES string of the molecule is CCCCCC(CCCOc1ccc(CO)cc1)Cc1ccc(C)c(C)c1. The normalized spacial score (nSPS) is 12.1. The summed E-state index contributed by atoms with van der Waals surface area (Å²) >= 11 is 0. The van der Waals surface area contributed by atoms with E-state index in [-0.39, 0.29) is 6.61 Å². The van der Waals surface area contributed by atoms with Gasteiger partial charge in [-0.1, -0.05) is 62.9 Å². The lowest BCUT2D eigenvalue weighted by molar-refractivity contribution is 0.279. The number of rotatable bonds is 12. The van der Waals surface area contributed by atoms with Crippen molar-refractivity contribution in [3.63, 3.8) is 0 Å². The summed E-state index contributed by atoms with van der Waals surface area (Å²) in [5.41, 5.74) is 5.17. The number of aliphatic hydroxyl groups is 1. The van der Waals surface area contributed by atoms with Gasteiger partial charge in [-0.25, -0.2) is 0 Å². The molecule has 1 N–H and O–H groups in total. The monoisotopic (exact) mass is 368 g/mol. The van der Waals surface area contributed by atoms with E-state index in [1.54, 1.807) is 0 Å². The summed E-state index contributed by atoms with van der Waals surface area (Å²) in [6.45, 7) is 7.51. The van der Waals surface area contributed by atoms with Crippen molar-refractivity contribution in [3.8, 4) is 5.75 Å². The molecule has 0 aliphatic rings. The van der Waals surface area contributed by atoms with Gasteiger partial charge in [0.05, 0.1) is 13.2 Å². The Morgan fingerprint density at radius 2 is 1.56 bits per heavy atom. The minimum atomic E-state index is 0.0816. The average molecular weight is 369 g/mol. The molecule has 0 heterocycles. The van der Waals surface area contributed by atoms with Crippen LogP contribution in [-0.2, 0) is 13.0 Å². The van der Waals surface area contributed by atoms with E-state index in [1.165, 1.54) is 55.2 Å². The van der Waals surface area contributed by atoms with Crippen LogP contribution in [0.25, 0.3) is 0 Å². The second-order valence-electron chi connectivity index (χ2n) is 7.78. The zero-order valence-electron chi connectivity index (χ0n) is 17.3. The van der Waals surface area contributed by atoms with Crippen molar-refractivity contribution in [2.75, 3.05) is 6.61 Å². The molecule has 0 aliphatic carbocycles. The third-order valence-electron chi connectivity index (χ3n) is 5.44. The van der Waals surface area contributed by atoms with E-state index in [9.17, 15) is 0 Å². The molecule has 2 heteroatoms. The van der Waals surface area contributed by atoms with Crippen LogP contribution in [0.4, 0.5) is 0 Å². The Hall–Kier alpha value is -1.80. The summed E-state index contributed by atoms with van der Waals surface area (Å²) in [7, 11) is 0. The number of aryl methyl sites for hydroxylation is 2. The molecule has 1 unspecified atom stereocenters. The fourth-order valence-corrected chi connectivity index (χ4v) is 3.55. The molecule has 1 atom stereocenters. The van der Waals surface area contributed by atoms with Crippen molar-refractivity contribution in [1.29, 1.82) is 0 Å². The Labute approximate surface area is 165 Å². The van der Waals surface area contributed by atoms with E-state index in [4.69, 9.17) is 9.84 Å². The zero-order valence-corrected chi connectivity index (χ0v) is 17.3. The first-order valence-electron chi connectivity index (χ1n) is 10.5. The van der Waals surface area contributed by atoms with E-state index in [0.29, 0.717) is 0 Å². The maximum Gasteiger partial charge on any atom is 0.119 e. The molecule has 0 fully saturated rings. The molecule has 0 radical (unpaired) electrons. The fraction of sp³-hybridized carbons (Fsp3) is 0.520. The standard InChI is InChI=1S/C25H36O2/c1-4-5-6-8-22(18-24-11-10-20(2)21(3)17-24)9-7-16-27-25-14-12-23(19-26)13-15-25/h10-15,17,22,26H,4-9,16,18-19H2,1-3H3. The van der Waals surface area contributed by atoms with E-state index in [1.807, 2.05) is 24.3 Å². The van der Waals surface area contributed by atoms with Crippen molar-refractivity contribution in [2.24, 2.45) is 5.92 Å². The lowest BCUT2D eigenvalue weighted by Crippen LogP contribution is -2.08. The van der Waals surface area contributed by atoms with Crippen LogP contribution in [0.3, 0.4) is 0 Å². The molecule has 27 heavy (non-hydrogen) atoms. The summed E-state index contributed by atoms with van der Waals surface area (Å²) in [6, 6.07) is 14.6. The second-order valence-corrected chi connectivity index (χ2v) is 7.78. The van der Waals surface area contributed by atoms with Crippen molar-refractivity contribution < 1.29 is 9.84 Å². The fourth-order valence-electron chi connectivity index (χ4n) is 3.55. The van der Waals surface area contributed by atoms with Crippen LogP contribution in [0, 0.1) is 19.8 Å². The number of unbranched alkanes of at least 4 members (excludes halogenated alkanes) is 2. The highest BCUT2D eigenvalue weighted by atomic mass is 16.5. The van der Waals surface area contributed by atoms with Gasteiger partial charge in [0.15, 0.2) is 0 Å². The van der Waals surface area contributed by atoms with Gasteiger partial charge in [-0.05, 0) is 73.4 Å². The van der Waals surface area contributed by atoms with Crippen LogP contribution in [0.2, 0.25) is 0 Å². The quantitative estimate of drug-likeness (QED) is 0.440. The highest BCUT2D eigenvalue weighted by Gasteiger charge is 2.11. The molecule has 2 aromatic rings. The third kappa shape index (κ3) is 7.76. The van der Waals surface area contributed by atoms with Crippen molar-refractivity contribution in [2.45, 2.75) is 72.3 Å². The highest BCUT2D eigenvalue weighted by Crippen LogP contribution is 2.23. The molecule has 0 saturated heterocycles. The minimum Gasteiger partial charge on any atom is -0.494 e. The van der Waals surface area contributed by atoms with Crippen LogP contribution in [0.1, 0.15) is 67.7 Å². The molecule has 0 saturated carbocycles. The topological polar surface area (TPSA) is 29.5 Å². The molecule has 0 aliphatic heterocycles. The predicted molar refractivity (Wildman–Crippen MR) is 114 cm³/mol.